The van der Waals surface area contributed by atoms with E-state index in [-0.39, 0.29) is 0 Å². The van der Waals surface area contributed by atoms with Crippen LogP contribution in [0.3, 0.4) is 0 Å². The van der Waals surface area contributed by atoms with Crippen molar-refractivity contribution in [3.63, 3.8) is 0 Å². The van der Waals surface area contributed by atoms with E-state index < -0.39 is 0 Å². The van der Waals surface area contributed by atoms with Gasteiger partial charge in [-0.15, -0.1) is 0 Å². The van der Waals surface area contributed by atoms with Crippen molar-refractivity contribution in [2.24, 2.45) is 0 Å². The Bertz CT molecular complexity index is 461. The molecule has 1 N–H and O–H groups in total. The number of nitrogens with one attached hydrogen (secondary N) is 1. The van der Waals surface area contributed by atoms with Crippen molar-refractivity contribution >= 4 is 16.9 Å². The Kier molecular flexibility index (Phi) is 2.03. The number of nitrogens with zero attached hydrogens (tertiary/aromatic N) is 3. The van der Waals surface area contributed by atoms with Crippen molar-refractivity contribution in [2.75, 3.05) is 31.2 Å². The molecule has 0 spiro atoms. The molecule has 0 aromatic carbocycles. The van der Waals surface area contributed by atoms with Gasteiger partial charge in [-0.2, -0.15) is 5.10 Å². The van der Waals surface area contributed by atoms with E-state index in [4.69, 9.17) is 4.74 Å². The topological polar surface area (TPSA) is 54.0 Å². The highest BCUT2D eigenvalue weighted by atomic mass is 16.5. The SMILES string of the molecule is c1cnc2[nH]nc(N3CCOCC3)c2c1. The van der Waals surface area contributed by atoms with E-state index in [1.807, 2.05) is 12.1 Å². The van der Waals surface area contributed by atoms with Crippen molar-refractivity contribution in [1.29, 1.82) is 0 Å². The van der Waals surface area contributed by atoms with Gasteiger partial charge in [0.25, 0.3) is 0 Å². The van der Waals surface area contributed by atoms with E-state index in [1.165, 1.54) is 0 Å². The van der Waals surface area contributed by atoms with E-state index in [2.05, 4.69) is 20.1 Å². The van der Waals surface area contributed by atoms with Gasteiger partial charge in [0, 0.05) is 19.3 Å². The molecule has 0 amide bonds. The van der Waals surface area contributed by atoms with Gasteiger partial charge in [0.15, 0.2) is 11.5 Å². The second-order valence-electron chi connectivity index (χ2n) is 3.55. The molecule has 1 saturated heterocycles. The van der Waals surface area contributed by atoms with E-state index in [1.54, 1.807) is 6.20 Å². The second kappa shape index (κ2) is 3.51. The number of fused-ring (bicyclic) bond motifs is 1. The van der Waals surface area contributed by atoms with E-state index in [0.717, 1.165) is 43.2 Å². The minimum atomic E-state index is 0.772. The van der Waals surface area contributed by atoms with Gasteiger partial charge < -0.3 is 9.64 Å². The van der Waals surface area contributed by atoms with Crippen LogP contribution in [0.1, 0.15) is 0 Å². The lowest BCUT2D eigenvalue weighted by Crippen LogP contribution is -2.36. The van der Waals surface area contributed by atoms with Gasteiger partial charge in [0.1, 0.15) is 0 Å². The maximum absolute atomic E-state index is 5.31. The standard InChI is InChI=1S/C10H12N4O/c1-2-8-9(11-3-1)12-13-10(8)14-4-6-15-7-5-14/h1-3H,4-7H2,(H,11,12,13). The minimum Gasteiger partial charge on any atom is -0.378 e. The number of rotatable bonds is 1. The maximum atomic E-state index is 5.31. The first-order valence-corrected chi connectivity index (χ1v) is 5.07. The van der Waals surface area contributed by atoms with Gasteiger partial charge in [-0.05, 0) is 12.1 Å². The third-order valence-electron chi connectivity index (χ3n) is 2.63. The molecule has 0 unspecified atom stereocenters. The average molecular weight is 204 g/mol. The number of aromatic nitrogens is 3. The summed E-state index contributed by atoms with van der Waals surface area (Å²) in [5.74, 6) is 0.987. The summed E-state index contributed by atoms with van der Waals surface area (Å²) in [5, 5.41) is 8.33. The predicted octanol–water partition coefficient (Wildman–Crippen LogP) is 0.794. The molecule has 0 saturated carbocycles. The molecule has 2 aromatic rings. The van der Waals surface area contributed by atoms with Crippen LogP contribution in [-0.2, 0) is 4.74 Å². The van der Waals surface area contributed by atoms with Gasteiger partial charge in [-0.1, -0.05) is 0 Å². The first-order chi connectivity index (χ1) is 7.45. The van der Waals surface area contributed by atoms with Crippen LogP contribution in [0, 0.1) is 0 Å². The van der Waals surface area contributed by atoms with Crippen LogP contribution in [0.5, 0.6) is 0 Å². The largest absolute Gasteiger partial charge is 0.378 e. The molecule has 0 radical (unpaired) electrons. The van der Waals surface area contributed by atoms with Crippen LogP contribution in [0.25, 0.3) is 11.0 Å². The fraction of sp³-hybridized carbons (Fsp3) is 0.400. The number of morpholine rings is 1. The number of hydrogen-bond acceptors (Lipinski definition) is 4. The normalized spacial score (nSPS) is 17.2. The van der Waals surface area contributed by atoms with Crippen molar-refractivity contribution in [2.45, 2.75) is 0 Å². The number of anilines is 1. The van der Waals surface area contributed by atoms with Crippen LogP contribution in [0.15, 0.2) is 18.3 Å². The van der Waals surface area contributed by atoms with Gasteiger partial charge in [-0.25, -0.2) is 4.98 Å². The second-order valence-corrected chi connectivity index (χ2v) is 3.55. The summed E-state index contributed by atoms with van der Waals surface area (Å²) >= 11 is 0. The Morgan fingerprint density at radius 2 is 2.20 bits per heavy atom. The quantitative estimate of drug-likeness (QED) is 0.746. The summed E-state index contributed by atoms with van der Waals surface area (Å²) in [6.45, 7) is 3.34. The van der Waals surface area contributed by atoms with Crippen molar-refractivity contribution in [3.05, 3.63) is 18.3 Å². The zero-order chi connectivity index (χ0) is 10.1. The summed E-state index contributed by atoms with van der Waals surface area (Å²) < 4.78 is 5.31. The maximum Gasteiger partial charge on any atom is 0.160 e. The summed E-state index contributed by atoms with van der Waals surface area (Å²) in [7, 11) is 0. The van der Waals surface area contributed by atoms with Gasteiger partial charge in [0.05, 0.1) is 18.6 Å². The highest BCUT2D eigenvalue weighted by Crippen LogP contribution is 2.22. The fourth-order valence-electron chi connectivity index (χ4n) is 1.86. The van der Waals surface area contributed by atoms with Crippen LogP contribution in [0.2, 0.25) is 0 Å². The number of hydrogen-bond donors (Lipinski definition) is 1. The Hall–Kier alpha value is -1.62. The molecule has 5 heteroatoms. The molecule has 1 aliphatic heterocycles. The monoisotopic (exact) mass is 204 g/mol. The summed E-state index contributed by atoms with van der Waals surface area (Å²) in [6.07, 6.45) is 1.77. The fourth-order valence-corrected chi connectivity index (χ4v) is 1.86. The third kappa shape index (κ3) is 1.45. The van der Waals surface area contributed by atoms with Crippen LogP contribution < -0.4 is 4.90 Å². The van der Waals surface area contributed by atoms with Crippen molar-refractivity contribution in [1.82, 2.24) is 15.2 Å². The molecule has 0 atom stereocenters. The molecule has 3 heterocycles. The van der Waals surface area contributed by atoms with E-state index in [9.17, 15) is 0 Å². The molecule has 1 fully saturated rings. The van der Waals surface area contributed by atoms with Crippen molar-refractivity contribution < 1.29 is 4.74 Å². The lowest BCUT2D eigenvalue weighted by molar-refractivity contribution is 0.122. The molecule has 2 aromatic heterocycles. The molecular weight excluding hydrogens is 192 g/mol. The number of ether oxygens (including phenoxy) is 1. The first-order valence-electron chi connectivity index (χ1n) is 5.07. The molecule has 5 nitrogen and oxygen atoms in total. The van der Waals surface area contributed by atoms with Gasteiger partial charge >= 0.3 is 0 Å². The Morgan fingerprint density at radius 1 is 1.33 bits per heavy atom. The Morgan fingerprint density at radius 3 is 3.07 bits per heavy atom. The lowest BCUT2D eigenvalue weighted by atomic mass is 10.3. The minimum absolute atomic E-state index is 0.772. The van der Waals surface area contributed by atoms with Crippen LogP contribution >= 0.6 is 0 Å². The number of aromatic amines is 1. The molecule has 78 valence electrons. The number of pyridine rings is 1. The molecule has 15 heavy (non-hydrogen) atoms. The van der Waals surface area contributed by atoms with E-state index >= 15 is 0 Å². The highest BCUT2D eigenvalue weighted by molar-refractivity contribution is 5.87. The van der Waals surface area contributed by atoms with Gasteiger partial charge in [-0.3, -0.25) is 5.10 Å². The first kappa shape index (κ1) is 8.67. The van der Waals surface area contributed by atoms with Crippen LogP contribution in [0.4, 0.5) is 5.82 Å². The Labute approximate surface area is 87.1 Å². The van der Waals surface area contributed by atoms with Gasteiger partial charge in [0.2, 0.25) is 0 Å². The average Bonchev–Trinajstić information content (AvgIpc) is 2.74. The van der Waals surface area contributed by atoms with Crippen LogP contribution in [-0.4, -0.2) is 41.5 Å². The van der Waals surface area contributed by atoms with Crippen molar-refractivity contribution in [3.8, 4) is 0 Å². The molecule has 3 rings (SSSR count). The molecule has 0 aliphatic carbocycles. The smallest absolute Gasteiger partial charge is 0.160 e. The summed E-state index contributed by atoms with van der Waals surface area (Å²) in [4.78, 5) is 6.45. The third-order valence-corrected chi connectivity index (χ3v) is 2.63. The summed E-state index contributed by atoms with van der Waals surface area (Å²) in [5.41, 5.74) is 0.846. The zero-order valence-electron chi connectivity index (χ0n) is 8.31. The molecule has 0 bridgehead atoms. The molecular formula is C10H12N4O. The predicted molar refractivity (Wildman–Crippen MR) is 56.9 cm³/mol. The highest BCUT2D eigenvalue weighted by Gasteiger charge is 2.16. The lowest BCUT2D eigenvalue weighted by Gasteiger charge is -2.26. The Balaban J connectivity index is 2.02. The number of H-pyrrole nitrogens is 1. The zero-order valence-corrected chi connectivity index (χ0v) is 8.31. The summed E-state index contributed by atoms with van der Waals surface area (Å²) in [6, 6.07) is 3.97. The van der Waals surface area contributed by atoms with E-state index in [0.29, 0.717) is 0 Å². The molecule has 1 aliphatic rings.